The van der Waals surface area contributed by atoms with Crippen LogP contribution in [0.25, 0.3) is 0 Å². The molecule has 2 atom stereocenters. The molecule has 0 saturated heterocycles. The smallest absolute Gasteiger partial charge is 0.261 e. The molecule has 0 heterocycles. The van der Waals surface area contributed by atoms with Crippen molar-refractivity contribution in [1.82, 2.24) is 5.32 Å². The summed E-state index contributed by atoms with van der Waals surface area (Å²) >= 11 is 11.7. The Bertz CT molecular complexity index is 836. The molecule has 4 nitrogen and oxygen atoms in total. The first kappa shape index (κ1) is 19.0. The van der Waals surface area contributed by atoms with E-state index in [0.29, 0.717) is 16.9 Å². The Morgan fingerprint density at radius 2 is 1.92 bits per heavy atom. The fourth-order valence-electron chi connectivity index (χ4n) is 2.18. The number of carbonyl (C=O) groups excluding carboxylic acids is 1. The van der Waals surface area contributed by atoms with Crippen molar-refractivity contribution in [1.29, 1.82) is 5.26 Å². The van der Waals surface area contributed by atoms with Crippen LogP contribution in [0.15, 0.2) is 36.4 Å². The molecule has 2 rings (SSSR count). The molecule has 0 fully saturated rings. The molecule has 2 unspecified atom stereocenters. The van der Waals surface area contributed by atoms with E-state index in [0.717, 1.165) is 0 Å². The van der Waals surface area contributed by atoms with Crippen LogP contribution in [0.4, 0.5) is 4.39 Å². The highest BCUT2D eigenvalue weighted by atomic mass is 35.5. The van der Waals surface area contributed by atoms with Gasteiger partial charge in [-0.1, -0.05) is 35.3 Å². The molecule has 0 radical (unpaired) electrons. The van der Waals surface area contributed by atoms with Crippen molar-refractivity contribution in [2.75, 3.05) is 0 Å². The van der Waals surface area contributed by atoms with Crippen LogP contribution >= 0.6 is 23.2 Å². The molecular weight excluding hydrogens is 366 g/mol. The standard InChI is InChI=1S/C18H15Cl2FN2O2/c1-10(13-7-16(21)15(20)8-14(13)19)23-18(24)11(2)25-17-6-4-3-5-12(17)9-22/h3-8,10-11H,1-2H3,(H,23,24). The topological polar surface area (TPSA) is 62.1 Å². The largest absolute Gasteiger partial charge is 0.480 e. The van der Waals surface area contributed by atoms with E-state index >= 15 is 0 Å². The van der Waals surface area contributed by atoms with E-state index in [4.69, 9.17) is 33.2 Å². The first-order valence-electron chi connectivity index (χ1n) is 7.44. The Kier molecular flexibility index (Phi) is 6.24. The summed E-state index contributed by atoms with van der Waals surface area (Å²) in [5, 5.41) is 11.9. The van der Waals surface area contributed by atoms with Crippen molar-refractivity contribution in [3.63, 3.8) is 0 Å². The number of hydrogen-bond acceptors (Lipinski definition) is 3. The molecule has 25 heavy (non-hydrogen) atoms. The van der Waals surface area contributed by atoms with Gasteiger partial charge in [-0.25, -0.2) is 4.39 Å². The highest BCUT2D eigenvalue weighted by molar-refractivity contribution is 6.35. The van der Waals surface area contributed by atoms with Gasteiger partial charge in [0.15, 0.2) is 6.10 Å². The second-order valence-corrected chi connectivity index (χ2v) is 6.20. The first-order chi connectivity index (χ1) is 11.8. The van der Waals surface area contributed by atoms with E-state index in [-0.39, 0.29) is 10.0 Å². The molecule has 0 aromatic heterocycles. The number of nitrogens with one attached hydrogen (secondary N) is 1. The molecule has 1 N–H and O–H groups in total. The van der Waals surface area contributed by atoms with Crippen molar-refractivity contribution in [2.45, 2.75) is 26.0 Å². The first-order valence-corrected chi connectivity index (χ1v) is 8.19. The third-order valence-electron chi connectivity index (χ3n) is 3.55. The maximum Gasteiger partial charge on any atom is 0.261 e. The van der Waals surface area contributed by atoms with Crippen molar-refractivity contribution in [3.05, 3.63) is 63.4 Å². The molecule has 0 aliphatic rings. The van der Waals surface area contributed by atoms with Gasteiger partial charge in [-0.2, -0.15) is 5.26 Å². The zero-order valence-corrected chi connectivity index (χ0v) is 15.0. The number of ether oxygens (including phenoxy) is 1. The summed E-state index contributed by atoms with van der Waals surface area (Å²) in [5.74, 6) is -0.725. The zero-order chi connectivity index (χ0) is 18.6. The maximum atomic E-state index is 13.6. The molecule has 0 bridgehead atoms. The van der Waals surface area contributed by atoms with Crippen molar-refractivity contribution in [3.8, 4) is 11.8 Å². The highest BCUT2D eigenvalue weighted by Crippen LogP contribution is 2.28. The highest BCUT2D eigenvalue weighted by Gasteiger charge is 2.21. The summed E-state index contributed by atoms with van der Waals surface area (Å²) < 4.78 is 19.2. The second-order valence-electron chi connectivity index (χ2n) is 5.39. The minimum Gasteiger partial charge on any atom is -0.480 e. The average Bonchev–Trinajstić information content (AvgIpc) is 2.58. The monoisotopic (exact) mass is 380 g/mol. The van der Waals surface area contributed by atoms with Crippen LogP contribution in [0.2, 0.25) is 10.0 Å². The van der Waals surface area contributed by atoms with Crippen LogP contribution in [0.3, 0.4) is 0 Å². The van der Waals surface area contributed by atoms with E-state index in [2.05, 4.69) is 5.32 Å². The minimum absolute atomic E-state index is 0.0860. The van der Waals surface area contributed by atoms with Crippen molar-refractivity contribution < 1.29 is 13.9 Å². The van der Waals surface area contributed by atoms with Crippen molar-refractivity contribution >= 4 is 29.1 Å². The molecule has 0 aliphatic heterocycles. The van der Waals surface area contributed by atoms with Crippen LogP contribution in [0, 0.1) is 17.1 Å². The van der Waals surface area contributed by atoms with E-state index in [1.165, 1.54) is 12.1 Å². The predicted octanol–water partition coefficient (Wildman–Crippen LogP) is 4.65. The third-order valence-corrected chi connectivity index (χ3v) is 4.16. The minimum atomic E-state index is -0.854. The average molecular weight is 381 g/mol. The quantitative estimate of drug-likeness (QED) is 0.767. The van der Waals surface area contributed by atoms with Crippen LogP contribution in [0.1, 0.15) is 31.0 Å². The number of nitriles is 1. The van der Waals surface area contributed by atoms with Crippen molar-refractivity contribution in [2.24, 2.45) is 0 Å². The van der Waals surface area contributed by atoms with Crippen LogP contribution in [-0.2, 0) is 4.79 Å². The second kappa shape index (κ2) is 8.19. The van der Waals surface area contributed by atoms with E-state index in [1.54, 1.807) is 38.1 Å². The Morgan fingerprint density at radius 1 is 1.24 bits per heavy atom. The molecule has 2 aromatic carbocycles. The summed E-state index contributed by atoms with van der Waals surface area (Å²) in [6.45, 7) is 3.22. The summed E-state index contributed by atoms with van der Waals surface area (Å²) in [6.07, 6.45) is -0.854. The van der Waals surface area contributed by atoms with E-state index < -0.39 is 23.9 Å². The third kappa shape index (κ3) is 4.62. The lowest BCUT2D eigenvalue weighted by Crippen LogP contribution is -2.38. The summed E-state index contributed by atoms with van der Waals surface area (Å²) in [7, 11) is 0. The molecule has 130 valence electrons. The summed E-state index contributed by atoms with van der Waals surface area (Å²) in [6, 6.07) is 10.5. The number of para-hydroxylation sites is 1. The Labute approximate surface area is 155 Å². The van der Waals surface area contributed by atoms with Crippen LogP contribution in [-0.4, -0.2) is 12.0 Å². The maximum absolute atomic E-state index is 13.6. The Hall–Kier alpha value is -2.29. The van der Waals surface area contributed by atoms with Gasteiger partial charge in [-0.3, -0.25) is 4.79 Å². The summed E-state index contributed by atoms with van der Waals surface area (Å²) in [5.41, 5.74) is 0.736. The fourth-order valence-corrected chi connectivity index (χ4v) is 2.73. The van der Waals surface area contributed by atoms with Gasteiger partial charge in [0.1, 0.15) is 17.6 Å². The van der Waals surface area contributed by atoms with Gasteiger partial charge in [0.25, 0.3) is 5.91 Å². The Balaban J connectivity index is 2.08. The SMILES string of the molecule is CC(Oc1ccccc1C#N)C(=O)NC(C)c1cc(F)c(Cl)cc1Cl. The van der Waals surface area contributed by atoms with Gasteiger partial charge in [0, 0.05) is 5.02 Å². The number of amides is 1. The number of nitrogens with zero attached hydrogens (tertiary/aromatic N) is 1. The molecule has 0 spiro atoms. The van der Waals surface area contributed by atoms with E-state index in [9.17, 15) is 9.18 Å². The number of rotatable bonds is 5. The molecular formula is C18H15Cl2FN2O2. The number of carbonyl (C=O) groups is 1. The lowest BCUT2D eigenvalue weighted by molar-refractivity contribution is -0.127. The number of benzene rings is 2. The van der Waals surface area contributed by atoms with Crippen LogP contribution in [0.5, 0.6) is 5.75 Å². The lowest BCUT2D eigenvalue weighted by atomic mass is 10.1. The molecule has 7 heteroatoms. The summed E-state index contributed by atoms with van der Waals surface area (Å²) in [4.78, 5) is 12.3. The predicted molar refractivity (Wildman–Crippen MR) is 94.2 cm³/mol. The zero-order valence-electron chi connectivity index (χ0n) is 13.5. The van der Waals surface area contributed by atoms with E-state index in [1.807, 2.05) is 6.07 Å². The number of hydrogen-bond donors (Lipinski definition) is 1. The molecule has 1 amide bonds. The van der Waals surface area contributed by atoms with Gasteiger partial charge in [0.2, 0.25) is 0 Å². The number of halogens is 3. The van der Waals surface area contributed by atoms with Gasteiger partial charge < -0.3 is 10.1 Å². The molecule has 0 aliphatic carbocycles. The van der Waals surface area contributed by atoms with Gasteiger partial charge in [0.05, 0.1) is 16.6 Å². The lowest BCUT2D eigenvalue weighted by Gasteiger charge is -2.20. The van der Waals surface area contributed by atoms with Gasteiger partial charge >= 0.3 is 0 Å². The fraction of sp³-hybridized carbons (Fsp3) is 0.222. The Morgan fingerprint density at radius 3 is 2.60 bits per heavy atom. The molecule has 2 aromatic rings. The van der Waals surface area contributed by atoms with Crippen LogP contribution < -0.4 is 10.1 Å². The molecule has 0 saturated carbocycles. The van der Waals surface area contributed by atoms with Gasteiger partial charge in [-0.15, -0.1) is 0 Å². The normalized spacial score (nSPS) is 12.8. The van der Waals surface area contributed by atoms with Gasteiger partial charge in [-0.05, 0) is 43.7 Å².